The van der Waals surface area contributed by atoms with E-state index in [0.29, 0.717) is 41.7 Å². The normalized spacial score (nSPS) is 15.3. The molecule has 0 atom stereocenters. The van der Waals surface area contributed by atoms with Crippen molar-refractivity contribution in [1.29, 1.82) is 0 Å². The number of nitrogens with zero attached hydrogens (tertiary/aromatic N) is 1. The molecule has 1 aliphatic heterocycles. The lowest BCUT2D eigenvalue weighted by Gasteiger charge is -2.32. The number of carbonyl (C=O) groups is 2. The van der Waals surface area contributed by atoms with Crippen molar-refractivity contribution in [1.82, 2.24) is 10.2 Å². The summed E-state index contributed by atoms with van der Waals surface area (Å²) in [4.78, 5) is 25.1. The summed E-state index contributed by atoms with van der Waals surface area (Å²) in [6, 6.07) is 4.91. The molecule has 0 spiro atoms. The molecule has 0 aliphatic carbocycles. The average Bonchev–Trinajstić information content (AvgIpc) is 2.54. The first-order valence-electron chi connectivity index (χ1n) is 7.20. The van der Waals surface area contributed by atoms with E-state index in [0.717, 1.165) is 0 Å². The van der Waals surface area contributed by atoms with Crippen LogP contribution in [0, 0.1) is 0 Å². The topological polar surface area (TPSA) is 58.6 Å². The highest BCUT2D eigenvalue weighted by Gasteiger charge is 2.24. The molecule has 2 amide bonds. The monoisotopic (exact) mass is 378 g/mol. The first-order chi connectivity index (χ1) is 11.0. The third-order valence-electron chi connectivity index (χ3n) is 3.58. The van der Waals surface area contributed by atoms with Crippen LogP contribution in [0.4, 0.5) is 0 Å². The summed E-state index contributed by atoms with van der Waals surface area (Å²) < 4.78 is 5.45. The van der Waals surface area contributed by atoms with Crippen molar-refractivity contribution >= 4 is 46.6 Å². The van der Waals surface area contributed by atoms with Gasteiger partial charge in [0.1, 0.15) is 11.6 Å². The van der Waals surface area contributed by atoms with Crippen LogP contribution >= 0.6 is 34.8 Å². The molecule has 0 saturated carbocycles. The number of ether oxygens (including phenoxy) is 1. The van der Waals surface area contributed by atoms with Gasteiger partial charge in [-0.2, -0.15) is 0 Å². The second kappa shape index (κ2) is 8.62. The van der Waals surface area contributed by atoms with Crippen LogP contribution in [-0.2, 0) is 9.59 Å². The van der Waals surface area contributed by atoms with Crippen LogP contribution < -0.4 is 10.1 Å². The van der Waals surface area contributed by atoms with Crippen molar-refractivity contribution in [2.24, 2.45) is 0 Å². The predicted molar refractivity (Wildman–Crippen MR) is 90.4 cm³/mol. The third kappa shape index (κ3) is 5.44. The number of amides is 2. The summed E-state index contributed by atoms with van der Waals surface area (Å²) in [6.45, 7) is 1.06. The van der Waals surface area contributed by atoms with Gasteiger partial charge in [-0.25, -0.2) is 0 Å². The fraction of sp³-hybridized carbons (Fsp3) is 0.467. The molecule has 0 radical (unpaired) electrons. The fourth-order valence-electron chi connectivity index (χ4n) is 2.36. The minimum Gasteiger partial charge on any atom is -0.482 e. The van der Waals surface area contributed by atoms with Crippen molar-refractivity contribution in [2.45, 2.75) is 18.9 Å². The van der Waals surface area contributed by atoms with E-state index in [1.165, 1.54) is 0 Å². The van der Waals surface area contributed by atoms with Crippen LogP contribution in [0.15, 0.2) is 18.2 Å². The van der Waals surface area contributed by atoms with Crippen molar-refractivity contribution in [3.8, 4) is 5.75 Å². The molecule has 1 saturated heterocycles. The van der Waals surface area contributed by atoms with Crippen molar-refractivity contribution < 1.29 is 14.3 Å². The Kier molecular flexibility index (Phi) is 6.81. The quantitative estimate of drug-likeness (QED) is 0.800. The van der Waals surface area contributed by atoms with E-state index in [2.05, 4.69) is 5.32 Å². The second-order valence-corrected chi connectivity index (χ2v) is 6.33. The zero-order chi connectivity index (χ0) is 16.8. The van der Waals surface area contributed by atoms with Gasteiger partial charge in [-0.3, -0.25) is 9.59 Å². The Bertz CT molecular complexity index is 575. The SMILES string of the molecule is O=C(CCl)NC1CCN(C(=O)COc2ccc(Cl)cc2Cl)CC1. The summed E-state index contributed by atoms with van der Waals surface area (Å²) >= 11 is 17.3. The lowest BCUT2D eigenvalue weighted by molar-refractivity contribution is -0.134. The standard InChI is InChI=1S/C15H17Cl3N2O3/c16-8-14(21)19-11-3-5-20(6-4-11)15(22)9-23-13-2-1-10(17)7-12(13)18/h1-2,7,11H,3-6,8-9H2,(H,19,21). The van der Waals surface area contributed by atoms with Gasteiger partial charge in [-0.05, 0) is 31.0 Å². The van der Waals surface area contributed by atoms with E-state index < -0.39 is 0 Å². The van der Waals surface area contributed by atoms with Crippen LogP contribution in [0.25, 0.3) is 0 Å². The molecule has 1 fully saturated rings. The Morgan fingerprint density at radius 2 is 1.96 bits per heavy atom. The van der Waals surface area contributed by atoms with Gasteiger partial charge < -0.3 is 15.0 Å². The Hall–Kier alpha value is -1.17. The maximum Gasteiger partial charge on any atom is 0.260 e. The van der Waals surface area contributed by atoms with Crippen LogP contribution in [0.5, 0.6) is 5.75 Å². The summed E-state index contributed by atoms with van der Waals surface area (Å²) in [7, 11) is 0. The van der Waals surface area contributed by atoms with Crippen LogP contribution in [0.3, 0.4) is 0 Å². The highest BCUT2D eigenvalue weighted by atomic mass is 35.5. The van der Waals surface area contributed by atoms with E-state index in [1.807, 2.05) is 0 Å². The summed E-state index contributed by atoms with van der Waals surface area (Å²) in [6.07, 6.45) is 1.41. The van der Waals surface area contributed by atoms with Crippen LogP contribution in [0.2, 0.25) is 10.0 Å². The van der Waals surface area contributed by atoms with Crippen LogP contribution in [0.1, 0.15) is 12.8 Å². The van der Waals surface area contributed by atoms with Gasteiger partial charge in [0.2, 0.25) is 5.91 Å². The molecule has 8 heteroatoms. The van der Waals surface area contributed by atoms with Gasteiger partial charge in [0, 0.05) is 24.2 Å². The van der Waals surface area contributed by atoms with Crippen molar-refractivity contribution in [3.63, 3.8) is 0 Å². The molecule has 2 rings (SSSR count). The van der Waals surface area contributed by atoms with Gasteiger partial charge in [0.05, 0.1) is 5.02 Å². The molecule has 23 heavy (non-hydrogen) atoms. The van der Waals surface area contributed by atoms with Gasteiger partial charge in [-0.1, -0.05) is 23.2 Å². The second-order valence-electron chi connectivity index (χ2n) is 5.22. The number of carbonyl (C=O) groups excluding carboxylic acids is 2. The maximum absolute atomic E-state index is 12.2. The van der Waals surface area contributed by atoms with Crippen molar-refractivity contribution in [2.75, 3.05) is 25.6 Å². The van der Waals surface area contributed by atoms with E-state index in [1.54, 1.807) is 23.1 Å². The van der Waals surface area contributed by atoms with Crippen LogP contribution in [-0.4, -0.2) is 48.3 Å². The van der Waals surface area contributed by atoms with E-state index in [4.69, 9.17) is 39.5 Å². The molecule has 1 N–H and O–H groups in total. The summed E-state index contributed by atoms with van der Waals surface area (Å²) in [5.74, 6) is 0.0819. The number of halogens is 3. The molecule has 5 nitrogen and oxygen atoms in total. The zero-order valence-corrected chi connectivity index (χ0v) is 14.6. The Labute approximate surface area is 149 Å². The van der Waals surface area contributed by atoms with E-state index >= 15 is 0 Å². The number of piperidine rings is 1. The minimum atomic E-state index is -0.183. The van der Waals surface area contributed by atoms with E-state index in [-0.39, 0.29) is 30.3 Å². The fourth-order valence-corrected chi connectivity index (χ4v) is 2.90. The molecule has 0 unspecified atom stereocenters. The number of benzene rings is 1. The number of hydrogen-bond donors (Lipinski definition) is 1. The molecular weight excluding hydrogens is 363 g/mol. The number of alkyl halides is 1. The molecule has 1 aromatic rings. The average molecular weight is 380 g/mol. The molecule has 0 bridgehead atoms. The first kappa shape index (κ1) is 18.2. The summed E-state index contributed by atoms with van der Waals surface area (Å²) in [5, 5.41) is 3.71. The van der Waals surface area contributed by atoms with E-state index in [9.17, 15) is 9.59 Å². The zero-order valence-electron chi connectivity index (χ0n) is 12.4. The first-order valence-corrected chi connectivity index (χ1v) is 8.49. The van der Waals surface area contributed by atoms with Gasteiger partial charge in [-0.15, -0.1) is 11.6 Å². The van der Waals surface area contributed by atoms with Gasteiger partial charge in [0.15, 0.2) is 6.61 Å². The number of nitrogens with one attached hydrogen (secondary N) is 1. The molecule has 1 heterocycles. The lowest BCUT2D eigenvalue weighted by atomic mass is 10.1. The molecule has 126 valence electrons. The molecule has 1 aromatic carbocycles. The number of hydrogen-bond acceptors (Lipinski definition) is 3. The van der Waals surface area contributed by atoms with Gasteiger partial charge >= 0.3 is 0 Å². The molecule has 1 aliphatic rings. The van der Waals surface area contributed by atoms with Crippen molar-refractivity contribution in [3.05, 3.63) is 28.2 Å². The maximum atomic E-state index is 12.2. The highest BCUT2D eigenvalue weighted by Crippen LogP contribution is 2.27. The Morgan fingerprint density at radius 3 is 2.57 bits per heavy atom. The third-order valence-corrected chi connectivity index (χ3v) is 4.35. The molecular formula is C15H17Cl3N2O3. The molecule has 0 aromatic heterocycles. The Balaban J connectivity index is 1.78. The smallest absolute Gasteiger partial charge is 0.260 e. The largest absolute Gasteiger partial charge is 0.482 e. The highest BCUT2D eigenvalue weighted by molar-refractivity contribution is 6.35. The minimum absolute atomic E-state index is 0.0468. The lowest BCUT2D eigenvalue weighted by Crippen LogP contribution is -2.47. The summed E-state index contributed by atoms with van der Waals surface area (Å²) in [5.41, 5.74) is 0. The number of likely N-dealkylation sites (tertiary alicyclic amines) is 1. The Morgan fingerprint density at radius 1 is 1.26 bits per heavy atom. The predicted octanol–water partition coefficient (Wildman–Crippen LogP) is 2.72. The number of rotatable bonds is 5. The van der Waals surface area contributed by atoms with Gasteiger partial charge in [0.25, 0.3) is 5.91 Å².